The predicted octanol–water partition coefficient (Wildman–Crippen LogP) is 5.34. The highest BCUT2D eigenvalue weighted by Gasteiger charge is 2.25. The molecule has 1 fully saturated rings. The van der Waals surface area contributed by atoms with Crippen LogP contribution in [0.25, 0.3) is 10.8 Å². The lowest BCUT2D eigenvalue weighted by Crippen LogP contribution is -2.37. The molecule has 1 aliphatic heterocycles. The van der Waals surface area contributed by atoms with E-state index in [1.165, 1.54) is 16.3 Å². The van der Waals surface area contributed by atoms with Crippen LogP contribution in [0, 0.1) is 5.92 Å². The number of likely N-dealkylation sites (tertiary alicyclic amines) is 1. The molecular formula is C23H23ClN2O. The van der Waals surface area contributed by atoms with Gasteiger partial charge in [0.15, 0.2) is 0 Å². The molecule has 3 nitrogen and oxygen atoms in total. The van der Waals surface area contributed by atoms with Gasteiger partial charge in [-0.1, -0.05) is 66.2 Å². The number of anilines is 1. The molecule has 1 amide bonds. The third kappa shape index (κ3) is 4.15. The summed E-state index contributed by atoms with van der Waals surface area (Å²) in [6, 6.07) is 22.4. The Balaban J connectivity index is 1.36. The van der Waals surface area contributed by atoms with Crippen LogP contribution in [0.15, 0.2) is 66.7 Å². The lowest BCUT2D eigenvalue weighted by atomic mass is 9.95. The zero-order chi connectivity index (χ0) is 18.6. The number of carbonyl (C=O) groups is 1. The molecule has 1 aliphatic rings. The zero-order valence-electron chi connectivity index (χ0n) is 15.2. The van der Waals surface area contributed by atoms with Crippen LogP contribution in [0.4, 0.5) is 5.69 Å². The number of nitrogens with zero attached hydrogens (tertiary/aromatic N) is 1. The number of benzene rings is 3. The Kier molecular flexibility index (Phi) is 5.42. The van der Waals surface area contributed by atoms with Crippen LogP contribution in [0.3, 0.4) is 0 Å². The quantitative estimate of drug-likeness (QED) is 0.664. The number of halogens is 1. The van der Waals surface area contributed by atoms with E-state index in [0.29, 0.717) is 10.7 Å². The maximum atomic E-state index is 12.6. The molecule has 0 unspecified atom stereocenters. The number of fused-ring (bicyclic) bond motifs is 1. The fraction of sp³-hybridized carbons (Fsp3) is 0.261. The van der Waals surface area contributed by atoms with Gasteiger partial charge in [0.1, 0.15) is 0 Å². The summed E-state index contributed by atoms with van der Waals surface area (Å²) in [7, 11) is 0. The summed E-state index contributed by atoms with van der Waals surface area (Å²) >= 11 is 6.15. The van der Waals surface area contributed by atoms with Crippen molar-refractivity contribution >= 4 is 34.0 Å². The lowest BCUT2D eigenvalue weighted by molar-refractivity contribution is -0.121. The second-order valence-corrected chi connectivity index (χ2v) is 7.56. The lowest BCUT2D eigenvalue weighted by Gasteiger charge is -2.31. The van der Waals surface area contributed by atoms with Gasteiger partial charge in [0.25, 0.3) is 0 Å². The predicted molar refractivity (Wildman–Crippen MR) is 112 cm³/mol. The highest BCUT2D eigenvalue weighted by atomic mass is 35.5. The van der Waals surface area contributed by atoms with Crippen molar-refractivity contribution in [1.29, 1.82) is 0 Å². The first-order valence-electron chi connectivity index (χ1n) is 9.45. The Morgan fingerprint density at radius 3 is 2.48 bits per heavy atom. The summed E-state index contributed by atoms with van der Waals surface area (Å²) in [6.45, 7) is 2.80. The van der Waals surface area contributed by atoms with Crippen LogP contribution in [0.1, 0.15) is 18.4 Å². The maximum Gasteiger partial charge on any atom is 0.227 e. The average molecular weight is 379 g/mol. The Labute approximate surface area is 164 Å². The van der Waals surface area contributed by atoms with Crippen LogP contribution in [0.5, 0.6) is 0 Å². The average Bonchev–Trinajstić information content (AvgIpc) is 2.70. The Hall–Kier alpha value is -2.36. The van der Waals surface area contributed by atoms with Crippen molar-refractivity contribution in [3.05, 3.63) is 77.3 Å². The molecule has 0 saturated carbocycles. The van der Waals surface area contributed by atoms with Gasteiger partial charge in [0.05, 0.1) is 10.7 Å². The molecule has 1 heterocycles. The monoisotopic (exact) mass is 378 g/mol. The Morgan fingerprint density at radius 1 is 0.963 bits per heavy atom. The molecule has 0 spiro atoms. The van der Waals surface area contributed by atoms with E-state index in [0.717, 1.165) is 32.5 Å². The minimum Gasteiger partial charge on any atom is -0.325 e. The summed E-state index contributed by atoms with van der Waals surface area (Å²) in [5, 5.41) is 6.16. The van der Waals surface area contributed by atoms with Gasteiger partial charge < -0.3 is 5.32 Å². The topological polar surface area (TPSA) is 32.3 Å². The highest BCUT2D eigenvalue weighted by molar-refractivity contribution is 6.33. The molecular weight excluding hydrogens is 356 g/mol. The largest absolute Gasteiger partial charge is 0.325 e. The number of hydrogen-bond acceptors (Lipinski definition) is 2. The molecule has 3 aromatic carbocycles. The van der Waals surface area contributed by atoms with Gasteiger partial charge >= 0.3 is 0 Å². The van der Waals surface area contributed by atoms with Gasteiger partial charge in [0, 0.05) is 12.5 Å². The third-order valence-corrected chi connectivity index (χ3v) is 5.69. The summed E-state index contributed by atoms with van der Waals surface area (Å²) in [5.74, 6) is 0.123. The van der Waals surface area contributed by atoms with Crippen molar-refractivity contribution < 1.29 is 4.79 Å². The van der Waals surface area contributed by atoms with Gasteiger partial charge in [-0.3, -0.25) is 9.69 Å². The molecule has 0 atom stereocenters. The van der Waals surface area contributed by atoms with Crippen molar-refractivity contribution in [2.24, 2.45) is 5.92 Å². The standard InChI is InChI=1S/C23H23ClN2O/c24-21-10-3-4-11-22(21)25-23(27)18-12-14-26(15-13-18)16-19-8-5-7-17-6-1-2-9-20(17)19/h1-11,18H,12-16H2,(H,25,27). The number of amides is 1. The second-order valence-electron chi connectivity index (χ2n) is 7.16. The normalized spacial score (nSPS) is 15.7. The SMILES string of the molecule is O=C(Nc1ccccc1Cl)C1CCN(Cc2cccc3ccccc23)CC1. The van der Waals surface area contributed by atoms with Crippen molar-refractivity contribution in [2.75, 3.05) is 18.4 Å². The number of piperidine rings is 1. The molecule has 3 aromatic rings. The van der Waals surface area contributed by atoms with Gasteiger partial charge in [-0.15, -0.1) is 0 Å². The Morgan fingerprint density at radius 2 is 1.67 bits per heavy atom. The maximum absolute atomic E-state index is 12.6. The van der Waals surface area contributed by atoms with E-state index < -0.39 is 0 Å². The first kappa shape index (κ1) is 18.0. The number of hydrogen-bond donors (Lipinski definition) is 1. The van der Waals surface area contributed by atoms with Crippen LogP contribution in [-0.2, 0) is 11.3 Å². The van der Waals surface area contributed by atoms with E-state index in [-0.39, 0.29) is 11.8 Å². The minimum absolute atomic E-state index is 0.0463. The molecule has 4 heteroatoms. The first-order chi connectivity index (χ1) is 13.2. The van der Waals surface area contributed by atoms with Crippen molar-refractivity contribution in [3.63, 3.8) is 0 Å². The van der Waals surface area contributed by atoms with Crippen molar-refractivity contribution in [1.82, 2.24) is 4.90 Å². The van der Waals surface area contributed by atoms with E-state index in [4.69, 9.17) is 11.6 Å². The molecule has 27 heavy (non-hydrogen) atoms. The third-order valence-electron chi connectivity index (χ3n) is 5.36. The zero-order valence-corrected chi connectivity index (χ0v) is 16.0. The number of rotatable bonds is 4. The molecule has 0 aliphatic carbocycles. The van der Waals surface area contributed by atoms with Gasteiger partial charge in [-0.2, -0.15) is 0 Å². The fourth-order valence-corrected chi connectivity index (χ4v) is 4.00. The summed E-state index contributed by atoms with van der Waals surface area (Å²) in [4.78, 5) is 15.0. The van der Waals surface area contributed by atoms with E-state index in [9.17, 15) is 4.79 Å². The molecule has 1 saturated heterocycles. The van der Waals surface area contributed by atoms with E-state index in [1.54, 1.807) is 6.07 Å². The van der Waals surface area contributed by atoms with Crippen LogP contribution in [0.2, 0.25) is 5.02 Å². The first-order valence-corrected chi connectivity index (χ1v) is 9.83. The fourth-order valence-electron chi connectivity index (χ4n) is 3.82. The van der Waals surface area contributed by atoms with E-state index in [2.05, 4.69) is 52.7 Å². The second kappa shape index (κ2) is 8.12. The number of para-hydroxylation sites is 1. The minimum atomic E-state index is 0.0463. The van der Waals surface area contributed by atoms with Gasteiger partial charge in [0.2, 0.25) is 5.91 Å². The molecule has 0 bridgehead atoms. The molecule has 0 radical (unpaired) electrons. The highest BCUT2D eigenvalue weighted by Crippen LogP contribution is 2.26. The molecule has 1 N–H and O–H groups in total. The van der Waals surface area contributed by atoms with Gasteiger partial charge in [-0.05, 0) is 54.4 Å². The summed E-state index contributed by atoms with van der Waals surface area (Å²) in [6.07, 6.45) is 1.75. The number of carbonyl (C=O) groups excluding carboxylic acids is 1. The molecule has 138 valence electrons. The van der Waals surface area contributed by atoms with Crippen molar-refractivity contribution in [3.8, 4) is 0 Å². The Bertz CT molecular complexity index is 943. The van der Waals surface area contributed by atoms with Gasteiger partial charge in [-0.25, -0.2) is 0 Å². The van der Waals surface area contributed by atoms with Crippen LogP contribution >= 0.6 is 11.6 Å². The summed E-state index contributed by atoms with van der Waals surface area (Å²) < 4.78 is 0. The van der Waals surface area contributed by atoms with E-state index >= 15 is 0 Å². The van der Waals surface area contributed by atoms with Crippen LogP contribution < -0.4 is 5.32 Å². The van der Waals surface area contributed by atoms with Crippen molar-refractivity contribution in [2.45, 2.75) is 19.4 Å². The smallest absolute Gasteiger partial charge is 0.227 e. The molecule has 4 rings (SSSR count). The molecule has 0 aromatic heterocycles. The summed E-state index contributed by atoms with van der Waals surface area (Å²) in [5.41, 5.74) is 2.05. The van der Waals surface area contributed by atoms with Crippen LogP contribution in [-0.4, -0.2) is 23.9 Å². The number of nitrogens with one attached hydrogen (secondary N) is 1. The van der Waals surface area contributed by atoms with E-state index in [1.807, 2.05) is 18.2 Å².